The van der Waals surface area contributed by atoms with Crippen LogP contribution in [0.1, 0.15) is 34.8 Å². The molecular formula is C29H35NO5. The van der Waals surface area contributed by atoms with Crippen LogP contribution in [0.3, 0.4) is 0 Å². The number of carbonyl (C=O) groups is 1. The number of carbonyl (C=O) groups excluding carboxylic acids is 1. The molecule has 0 aliphatic heterocycles. The van der Waals surface area contributed by atoms with Gasteiger partial charge in [0, 0.05) is 24.5 Å². The maximum atomic E-state index is 10.4. The monoisotopic (exact) mass is 477 g/mol. The Kier molecular flexibility index (Phi) is 12.8. The SMILES string of the molecule is CCCc1ccc(-c2ccc(OC)c(C=N)c2)cc1.COCCOCCOc1ccc(C=O)cc1. The second-order valence-electron chi connectivity index (χ2n) is 7.69. The Bertz CT molecular complexity index is 1020. The van der Waals surface area contributed by atoms with Gasteiger partial charge in [0.25, 0.3) is 0 Å². The summed E-state index contributed by atoms with van der Waals surface area (Å²) >= 11 is 0. The standard InChI is InChI=1S/C17H19NO.C12H16O4/c1-3-4-13-5-7-14(8-6-13)15-9-10-17(19-2)16(11-15)12-18;1-14-6-7-15-8-9-16-12-4-2-11(10-13)3-5-12/h5-12,18H,3-4H2,1-2H3;2-5,10H,6-9H2,1H3. The van der Waals surface area contributed by atoms with Crippen molar-refractivity contribution in [3.8, 4) is 22.6 Å². The molecule has 0 atom stereocenters. The largest absolute Gasteiger partial charge is 0.496 e. The van der Waals surface area contributed by atoms with Crippen LogP contribution in [-0.2, 0) is 15.9 Å². The Hall–Kier alpha value is -3.48. The van der Waals surface area contributed by atoms with E-state index < -0.39 is 0 Å². The molecule has 0 heterocycles. The number of benzene rings is 3. The summed E-state index contributed by atoms with van der Waals surface area (Å²) in [5.74, 6) is 1.47. The van der Waals surface area contributed by atoms with Crippen molar-refractivity contribution in [3.05, 3.63) is 83.4 Å². The molecule has 6 heteroatoms. The van der Waals surface area contributed by atoms with E-state index >= 15 is 0 Å². The maximum Gasteiger partial charge on any atom is 0.150 e. The molecule has 0 radical (unpaired) electrons. The molecule has 35 heavy (non-hydrogen) atoms. The van der Waals surface area contributed by atoms with Crippen LogP contribution in [0, 0.1) is 5.41 Å². The van der Waals surface area contributed by atoms with Crippen LogP contribution in [0.2, 0.25) is 0 Å². The molecule has 0 saturated heterocycles. The van der Waals surface area contributed by atoms with Crippen LogP contribution in [-0.4, -0.2) is 53.1 Å². The minimum atomic E-state index is 0.490. The van der Waals surface area contributed by atoms with Crippen LogP contribution < -0.4 is 9.47 Å². The molecule has 0 unspecified atom stereocenters. The highest BCUT2D eigenvalue weighted by atomic mass is 16.5. The van der Waals surface area contributed by atoms with Gasteiger partial charge in [0.2, 0.25) is 0 Å². The lowest BCUT2D eigenvalue weighted by molar-refractivity contribution is 0.0544. The van der Waals surface area contributed by atoms with Gasteiger partial charge in [0.15, 0.2) is 0 Å². The number of aryl methyl sites for hydroxylation is 1. The Morgan fingerprint density at radius 3 is 2.11 bits per heavy atom. The van der Waals surface area contributed by atoms with Crippen molar-refractivity contribution in [1.82, 2.24) is 0 Å². The smallest absolute Gasteiger partial charge is 0.150 e. The van der Waals surface area contributed by atoms with Gasteiger partial charge in [0.05, 0.1) is 26.9 Å². The Labute approximate surface area is 208 Å². The summed E-state index contributed by atoms with van der Waals surface area (Å²) in [4.78, 5) is 10.4. The highest BCUT2D eigenvalue weighted by molar-refractivity contribution is 5.84. The van der Waals surface area contributed by atoms with Crippen LogP contribution in [0.15, 0.2) is 66.7 Å². The van der Waals surface area contributed by atoms with Crippen molar-refractivity contribution < 1.29 is 23.7 Å². The molecule has 0 aliphatic rings. The molecule has 0 fully saturated rings. The number of methoxy groups -OCH3 is 2. The first-order valence-electron chi connectivity index (χ1n) is 11.7. The Balaban J connectivity index is 0.000000251. The molecule has 0 aliphatic carbocycles. The first kappa shape index (κ1) is 27.8. The number of hydrogen-bond acceptors (Lipinski definition) is 6. The molecule has 0 saturated carbocycles. The lowest BCUT2D eigenvalue weighted by Gasteiger charge is -2.08. The van der Waals surface area contributed by atoms with E-state index in [0.717, 1.165) is 35.3 Å². The van der Waals surface area contributed by atoms with Crippen molar-refractivity contribution in [2.75, 3.05) is 40.6 Å². The van der Waals surface area contributed by atoms with Gasteiger partial charge in [-0.2, -0.15) is 0 Å². The second-order valence-corrected chi connectivity index (χ2v) is 7.69. The van der Waals surface area contributed by atoms with Gasteiger partial charge in [-0.15, -0.1) is 0 Å². The number of nitrogens with one attached hydrogen (secondary N) is 1. The fraction of sp³-hybridized carbons (Fsp3) is 0.310. The summed E-state index contributed by atoms with van der Waals surface area (Å²) in [5.41, 5.74) is 5.10. The number of aldehydes is 1. The van der Waals surface area contributed by atoms with Crippen molar-refractivity contribution in [3.63, 3.8) is 0 Å². The van der Waals surface area contributed by atoms with Crippen LogP contribution in [0.4, 0.5) is 0 Å². The third-order valence-corrected chi connectivity index (χ3v) is 5.16. The molecule has 1 N–H and O–H groups in total. The first-order chi connectivity index (χ1) is 17.1. The van der Waals surface area contributed by atoms with Gasteiger partial charge < -0.3 is 24.4 Å². The molecule has 186 valence electrons. The molecule has 3 aromatic carbocycles. The minimum absolute atomic E-state index is 0.490. The van der Waals surface area contributed by atoms with Gasteiger partial charge in [-0.05, 0) is 59.5 Å². The predicted molar refractivity (Wildman–Crippen MR) is 140 cm³/mol. The van der Waals surface area contributed by atoms with Gasteiger partial charge in [-0.3, -0.25) is 4.79 Å². The number of rotatable bonds is 13. The fourth-order valence-electron chi connectivity index (χ4n) is 3.28. The van der Waals surface area contributed by atoms with Crippen molar-refractivity contribution in [1.29, 1.82) is 5.41 Å². The molecule has 3 aromatic rings. The highest BCUT2D eigenvalue weighted by Gasteiger charge is 2.04. The van der Waals surface area contributed by atoms with E-state index in [1.807, 2.05) is 18.2 Å². The fourth-order valence-corrected chi connectivity index (χ4v) is 3.28. The van der Waals surface area contributed by atoms with Crippen LogP contribution in [0.25, 0.3) is 11.1 Å². The minimum Gasteiger partial charge on any atom is -0.496 e. The zero-order chi connectivity index (χ0) is 25.3. The lowest BCUT2D eigenvalue weighted by Crippen LogP contribution is -2.09. The summed E-state index contributed by atoms with van der Waals surface area (Å²) in [6, 6.07) is 21.5. The molecular weight excluding hydrogens is 442 g/mol. The summed E-state index contributed by atoms with van der Waals surface area (Å²) < 4.78 is 20.7. The van der Waals surface area contributed by atoms with E-state index in [9.17, 15) is 4.79 Å². The molecule has 6 nitrogen and oxygen atoms in total. The zero-order valence-electron chi connectivity index (χ0n) is 20.8. The molecule has 3 rings (SSSR count). The quantitative estimate of drug-likeness (QED) is 0.190. The normalized spacial score (nSPS) is 10.1. The van der Waals surface area contributed by atoms with Gasteiger partial charge in [-0.25, -0.2) is 0 Å². The average molecular weight is 478 g/mol. The molecule has 0 bridgehead atoms. The van der Waals surface area contributed by atoms with E-state index in [0.29, 0.717) is 32.0 Å². The van der Waals surface area contributed by atoms with E-state index in [2.05, 4.69) is 31.2 Å². The number of hydrogen-bond donors (Lipinski definition) is 1. The second kappa shape index (κ2) is 16.2. The molecule has 0 spiro atoms. The topological polar surface area (TPSA) is 77.8 Å². The van der Waals surface area contributed by atoms with Gasteiger partial charge >= 0.3 is 0 Å². The maximum absolute atomic E-state index is 10.4. The van der Waals surface area contributed by atoms with Crippen molar-refractivity contribution in [2.45, 2.75) is 19.8 Å². The van der Waals surface area contributed by atoms with Gasteiger partial charge in [0.1, 0.15) is 24.4 Å². The summed E-state index contributed by atoms with van der Waals surface area (Å²) in [6.45, 7) is 4.37. The average Bonchev–Trinajstić information content (AvgIpc) is 2.91. The predicted octanol–water partition coefficient (Wildman–Crippen LogP) is 5.85. The third kappa shape index (κ3) is 9.73. The first-order valence-corrected chi connectivity index (χ1v) is 11.7. The summed E-state index contributed by atoms with van der Waals surface area (Å²) in [5, 5.41) is 7.43. The van der Waals surface area contributed by atoms with E-state index in [1.54, 1.807) is 38.5 Å². The molecule has 0 amide bonds. The zero-order valence-corrected chi connectivity index (χ0v) is 20.8. The Morgan fingerprint density at radius 2 is 1.51 bits per heavy atom. The third-order valence-electron chi connectivity index (χ3n) is 5.16. The summed E-state index contributed by atoms with van der Waals surface area (Å²) in [6.07, 6.45) is 4.42. The molecule has 0 aromatic heterocycles. The van der Waals surface area contributed by atoms with E-state index in [4.69, 9.17) is 24.4 Å². The Morgan fingerprint density at radius 1 is 0.829 bits per heavy atom. The number of ether oxygens (including phenoxy) is 4. The van der Waals surface area contributed by atoms with E-state index in [-0.39, 0.29) is 0 Å². The van der Waals surface area contributed by atoms with E-state index in [1.165, 1.54) is 23.8 Å². The lowest BCUT2D eigenvalue weighted by atomic mass is 10.0. The van der Waals surface area contributed by atoms with Crippen LogP contribution >= 0.6 is 0 Å². The van der Waals surface area contributed by atoms with Crippen LogP contribution in [0.5, 0.6) is 11.5 Å². The van der Waals surface area contributed by atoms with Crippen molar-refractivity contribution in [2.24, 2.45) is 0 Å². The highest BCUT2D eigenvalue weighted by Crippen LogP contribution is 2.26. The summed E-state index contributed by atoms with van der Waals surface area (Å²) in [7, 11) is 3.26. The van der Waals surface area contributed by atoms with Crippen molar-refractivity contribution >= 4 is 12.5 Å². The van der Waals surface area contributed by atoms with Gasteiger partial charge in [-0.1, -0.05) is 43.7 Å².